The molecule has 0 aromatic rings. The molecule has 0 aromatic heterocycles. The highest BCUT2D eigenvalue weighted by Crippen LogP contribution is 2.54. The fourth-order valence-electron chi connectivity index (χ4n) is 4.03. The molecule has 1 aliphatic heterocycles. The Morgan fingerprint density at radius 2 is 2.16 bits per heavy atom. The van der Waals surface area contributed by atoms with Crippen molar-refractivity contribution in [1.29, 1.82) is 0 Å². The van der Waals surface area contributed by atoms with Crippen molar-refractivity contribution < 1.29 is 19.4 Å². The maximum Gasteiger partial charge on any atom is 0.334 e. The zero-order valence-corrected chi connectivity index (χ0v) is 11.1. The number of carbonyl (C=O) groups excluding carboxylic acids is 2. The standard InChI is InChI=1S/C15H18O4/c1-7-6-10(16)12-8(2)14(18)19-13(12)15(3)9(7)4-5-11(15)17/h4-5,7,9-10,12-13,16H,2,6H2,1,3H3/t7-,9-,10-,12-,13+,15+/m1/s1. The Labute approximate surface area is 112 Å². The Morgan fingerprint density at radius 1 is 1.47 bits per heavy atom. The summed E-state index contributed by atoms with van der Waals surface area (Å²) in [5, 5.41) is 10.3. The summed E-state index contributed by atoms with van der Waals surface area (Å²) in [5.41, 5.74) is -0.470. The fourth-order valence-corrected chi connectivity index (χ4v) is 4.03. The molecule has 0 aromatic carbocycles. The minimum Gasteiger partial charge on any atom is -0.457 e. The van der Waals surface area contributed by atoms with Crippen LogP contribution in [0.2, 0.25) is 0 Å². The quantitative estimate of drug-likeness (QED) is 0.527. The molecular formula is C15H18O4. The molecule has 2 fully saturated rings. The predicted molar refractivity (Wildman–Crippen MR) is 68.0 cm³/mol. The molecule has 6 atom stereocenters. The summed E-state index contributed by atoms with van der Waals surface area (Å²) in [5.74, 6) is -0.795. The van der Waals surface area contributed by atoms with Crippen LogP contribution in [0.1, 0.15) is 20.3 Å². The molecule has 0 radical (unpaired) electrons. The van der Waals surface area contributed by atoms with E-state index >= 15 is 0 Å². The number of allylic oxidation sites excluding steroid dienone is 2. The molecule has 1 heterocycles. The summed E-state index contributed by atoms with van der Waals surface area (Å²) in [4.78, 5) is 24.1. The number of fused-ring (bicyclic) bond motifs is 3. The van der Waals surface area contributed by atoms with E-state index in [9.17, 15) is 14.7 Å². The number of carbonyl (C=O) groups is 2. The highest BCUT2D eigenvalue weighted by Gasteiger charge is 2.61. The molecular weight excluding hydrogens is 244 g/mol. The van der Waals surface area contributed by atoms with Crippen molar-refractivity contribution in [3.63, 3.8) is 0 Å². The van der Waals surface area contributed by atoms with Gasteiger partial charge in [0.05, 0.1) is 17.4 Å². The van der Waals surface area contributed by atoms with Gasteiger partial charge in [-0.3, -0.25) is 4.79 Å². The molecule has 0 spiro atoms. The summed E-state index contributed by atoms with van der Waals surface area (Å²) in [6, 6.07) is 0. The Kier molecular flexibility index (Phi) is 2.52. The van der Waals surface area contributed by atoms with Gasteiger partial charge in [0.2, 0.25) is 0 Å². The van der Waals surface area contributed by atoms with E-state index in [1.807, 2.05) is 19.9 Å². The van der Waals surface area contributed by atoms with Gasteiger partial charge in [-0.2, -0.15) is 0 Å². The van der Waals surface area contributed by atoms with Crippen molar-refractivity contribution in [2.75, 3.05) is 0 Å². The van der Waals surface area contributed by atoms with E-state index in [2.05, 4.69) is 6.58 Å². The number of hydrogen-bond acceptors (Lipinski definition) is 4. The van der Waals surface area contributed by atoms with Crippen LogP contribution >= 0.6 is 0 Å². The molecule has 1 saturated carbocycles. The number of rotatable bonds is 0. The van der Waals surface area contributed by atoms with Gasteiger partial charge >= 0.3 is 5.97 Å². The molecule has 1 N–H and O–H groups in total. The minimum absolute atomic E-state index is 0.00310. The minimum atomic E-state index is -0.767. The van der Waals surface area contributed by atoms with Gasteiger partial charge in [-0.15, -0.1) is 0 Å². The van der Waals surface area contributed by atoms with Gasteiger partial charge in [-0.1, -0.05) is 19.6 Å². The van der Waals surface area contributed by atoms with Crippen molar-refractivity contribution in [2.24, 2.45) is 23.2 Å². The molecule has 102 valence electrons. The third kappa shape index (κ3) is 1.43. The fraction of sp³-hybridized carbons (Fsp3) is 0.600. The summed E-state index contributed by atoms with van der Waals surface area (Å²) in [6.07, 6.45) is 2.76. The summed E-state index contributed by atoms with van der Waals surface area (Å²) >= 11 is 0. The van der Waals surface area contributed by atoms with Gasteiger partial charge in [0.1, 0.15) is 6.10 Å². The Bertz CT molecular complexity index is 506. The zero-order chi connectivity index (χ0) is 13.9. The van der Waals surface area contributed by atoms with Crippen LogP contribution in [0.5, 0.6) is 0 Å². The van der Waals surface area contributed by atoms with E-state index in [0.29, 0.717) is 12.0 Å². The Morgan fingerprint density at radius 3 is 2.84 bits per heavy atom. The summed E-state index contributed by atoms with van der Waals surface area (Å²) in [6.45, 7) is 7.61. The van der Waals surface area contributed by atoms with Crippen LogP contribution < -0.4 is 0 Å². The first-order chi connectivity index (χ1) is 8.87. The zero-order valence-electron chi connectivity index (χ0n) is 11.1. The molecule has 0 bridgehead atoms. The summed E-state index contributed by atoms with van der Waals surface area (Å²) < 4.78 is 5.40. The molecule has 19 heavy (non-hydrogen) atoms. The molecule has 1 saturated heterocycles. The van der Waals surface area contributed by atoms with Gasteiger partial charge in [-0.05, 0) is 31.3 Å². The Balaban J connectivity index is 2.12. The highest BCUT2D eigenvalue weighted by molar-refractivity contribution is 6.00. The van der Waals surface area contributed by atoms with Crippen LogP contribution in [-0.4, -0.2) is 29.1 Å². The molecule has 0 unspecified atom stereocenters. The van der Waals surface area contributed by atoms with Gasteiger partial charge in [0, 0.05) is 5.57 Å². The topological polar surface area (TPSA) is 63.6 Å². The maximum absolute atomic E-state index is 12.3. The van der Waals surface area contributed by atoms with Crippen LogP contribution in [0.15, 0.2) is 24.3 Å². The number of hydrogen-bond donors (Lipinski definition) is 1. The van der Waals surface area contributed by atoms with Crippen molar-refractivity contribution in [2.45, 2.75) is 32.5 Å². The van der Waals surface area contributed by atoms with E-state index in [-0.39, 0.29) is 17.6 Å². The lowest BCUT2D eigenvalue weighted by Gasteiger charge is -2.36. The second-order valence-corrected chi connectivity index (χ2v) is 6.19. The molecule has 4 heteroatoms. The SMILES string of the molecule is C=C1C(=O)O[C@H]2[C@H]1[C@H](O)C[C@@H](C)[C@H]1C=CC(=O)[C@]12C. The lowest BCUT2D eigenvalue weighted by atomic mass is 9.68. The van der Waals surface area contributed by atoms with Crippen LogP contribution in [0.3, 0.4) is 0 Å². The predicted octanol–water partition coefficient (Wildman–Crippen LogP) is 1.25. The lowest BCUT2D eigenvalue weighted by Crippen LogP contribution is -2.46. The number of aliphatic hydroxyl groups excluding tert-OH is 1. The lowest BCUT2D eigenvalue weighted by molar-refractivity contribution is -0.151. The number of aliphatic hydroxyl groups is 1. The molecule has 3 rings (SSSR count). The average Bonchev–Trinajstić information content (AvgIpc) is 2.78. The van der Waals surface area contributed by atoms with Crippen LogP contribution in [0, 0.1) is 23.2 Å². The van der Waals surface area contributed by atoms with Gasteiger partial charge in [0.25, 0.3) is 0 Å². The number of ketones is 1. The normalized spacial score (nSPS) is 48.8. The number of esters is 1. The third-order valence-electron chi connectivity index (χ3n) is 5.13. The number of ether oxygens (including phenoxy) is 1. The first-order valence-electron chi connectivity index (χ1n) is 6.68. The van der Waals surface area contributed by atoms with Gasteiger partial charge < -0.3 is 9.84 Å². The van der Waals surface area contributed by atoms with E-state index in [4.69, 9.17) is 4.74 Å². The van der Waals surface area contributed by atoms with Crippen molar-refractivity contribution in [3.8, 4) is 0 Å². The third-order valence-corrected chi connectivity index (χ3v) is 5.13. The smallest absolute Gasteiger partial charge is 0.334 e. The highest BCUT2D eigenvalue weighted by atomic mass is 16.6. The van der Waals surface area contributed by atoms with Crippen LogP contribution in [-0.2, 0) is 14.3 Å². The van der Waals surface area contributed by atoms with E-state index in [0.717, 1.165) is 0 Å². The first-order valence-corrected chi connectivity index (χ1v) is 6.68. The monoisotopic (exact) mass is 262 g/mol. The first kappa shape index (κ1) is 12.6. The second-order valence-electron chi connectivity index (χ2n) is 6.19. The van der Waals surface area contributed by atoms with Crippen molar-refractivity contribution in [1.82, 2.24) is 0 Å². The van der Waals surface area contributed by atoms with Crippen LogP contribution in [0.4, 0.5) is 0 Å². The Hall–Kier alpha value is -1.42. The van der Waals surface area contributed by atoms with Crippen LogP contribution in [0.25, 0.3) is 0 Å². The molecule has 0 amide bonds. The average molecular weight is 262 g/mol. The van der Waals surface area contributed by atoms with Crippen molar-refractivity contribution >= 4 is 11.8 Å². The largest absolute Gasteiger partial charge is 0.457 e. The van der Waals surface area contributed by atoms with Gasteiger partial charge in [-0.25, -0.2) is 4.79 Å². The molecule has 3 aliphatic rings. The van der Waals surface area contributed by atoms with E-state index in [1.165, 1.54) is 0 Å². The van der Waals surface area contributed by atoms with Gasteiger partial charge in [0.15, 0.2) is 5.78 Å². The second kappa shape index (κ2) is 3.79. The van der Waals surface area contributed by atoms with E-state index < -0.39 is 29.5 Å². The summed E-state index contributed by atoms with van der Waals surface area (Å²) in [7, 11) is 0. The molecule has 4 nitrogen and oxygen atoms in total. The molecule has 2 aliphatic carbocycles. The maximum atomic E-state index is 12.3. The van der Waals surface area contributed by atoms with Crippen molar-refractivity contribution in [3.05, 3.63) is 24.3 Å². The van der Waals surface area contributed by atoms with E-state index in [1.54, 1.807) is 6.08 Å².